The molecule has 0 radical (unpaired) electrons. The van der Waals surface area contributed by atoms with Crippen molar-refractivity contribution in [3.8, 4) is 22.1 Å². The highest BCUT2D eigenvalue weighted by molar-refractivity contribution is 7.13. The van der Waals surface area contributed by atoms with Crippen LogP contribution in [-0.2, 0) is 20.9 Å². The number of carbonyl (C=O) groups excluding carboxylic acids is 3. The van der Waals surface area contributed by atoms with E-state index in [2.05, 4.69) is 10.4 Å². The maximum Gasteiger partial charge on any atom is 0.338 e. The molecular weight excluding hydrogens is 446 g/mol. The lowest BCUT2D eigenvalue weighted by atomic mass is 10.2. The summed E-state index contributed by atoms with van der Waals surface area (Å²) in [5.41, 5.74) is 4.70. The fourth-order valence-electron chi connectivity index (χ4n) is 3.31. The number of aromatic nitrogens is 1. The van der Waals surface area contributed by atoms with Gasteiger partial charge in [-0.05, 0) is 36.4 Å². The van der Waals surface area contributed by atoms with E-state index in [1.807, 2.05) is 17.5 Å². The molecule has 0 atom stereocenters. The van der Waals surface area contributed by atoms with Crippen LogP contribution in [0.5, 0.6) is 11.5 Å². The van der Waals surface area contributed by atoms with Crippen LogP contribution in [0.25, 0.3) is 10.6 Å². The zero-order valence-electron chi connectivity index (χ0n) is 18.0. The minimum Gasteiger partial charge on any atom is -0.493 e. The van der Waals surface area contributed by atoms with Gasteiger partial charge < -0.3 is 14.2 Å². The Labute approximate surface area is 193 Å². The molecule has 0 aliphatic carbocycles. The van der Waals surface area contributed by atoms with Crippen molar-refractivity contribution in [1.82, 2.24) is 10.4 Å². The molecule has 1 saturated heterocycles. The lowest BCUT2D eigenvalue weighted by molar-refractivity contribution is -0.130. The number of methoxy groups -OCH3 is 2. The number of hydrogen-bond acceptors (Lipinski definition) is 8. The number of rotatable bonds is 7. The van der Waals surface area contributed by atoms with Gasteiger partial charge in [-0.3, -0.25) is 15.0 Å². The first kappa shape index (κ1) is 22.3. The van der Waals surface area contributed by atoms with Gasteiger partial charge in [-0.1, -0.05) is 6.07 Å². The van der Waals surface area contributed by atoms with Crippen LogP contribution in [0, 0.1) is 0 Å². The van der Waals surface area contributed by atoms with Gasteiger partial charge in [0.05, 0.1) is 36.7 Å². The molecule has 10 heteroatoms. The smallest absolute Gasteiger partial charge is 0.338 e. The number of esters is 1. The number of anilines is 1. The van der Waals surface area contributed by atoms with E-state index in [0.29, 0.717) is 28.4 Å². The molecule has 170 valence electrons. The van der Waals surface area contributed by atoms with Gasteiger partial charge in [0, 0.05) is 18.2 Å². The average Bonchev–Trinajstić information content (AvgIpc) is 3.32. The maximum atomic E-state index is 12.4. The highest BCUT2D eigenvalue weighted by Crippen LogP contribution is 2.39. The third kappa shape index (κ3) is 4.80. The number of nitrogens with zero attached hydrogens (tertiary/aromatic N) is 2. The minimum atomic E-state index is -0.524. The number of benzene rings is 2. The van der Waals surface area contributed by atoms with Crippen molar-refractivity contribution in [2.75, 3.05) is 19.2 Å². The lowest BCUT2D eigenvalue weighted by Crippen LogP contribution is -2.50. The number of hydrogen-bond donors (Lipinski definition) is 1. The molecular formula is C23H21N3O6S. The van der Waals surface area contributed by atoms with Crippen LogP contribution < -0.4 is 19.9 Å². The topological polar surface area (TPSA) is 107 Å². The van der Waals surface area contributed by atoms with Gasteiger partial charge >= 0.3 is 5.97 Å². The highest BCUT2D eigenvalue weighted by Gasteiger charge is 2.24. The molecule has 1 fully saturated rings. The SMILES string of the molecule is COc1cccc(-c2nc(COC(=O)c3ccc(N4NC(=O)CCC4=O)cc3)cs2)c1OC. The molecule has 33 heavy (non-hydrogen) atoms. The second kappa shape index (κ2) is 9.70. The Morgan fingerprint density at radius 1 is 1.09 bits per heavy atom. The summed E-state index contributed by atoms with van der Waals surface area (Å²) in [5, 5.41) is 3.72. The first-order valence-corrected chi connectivity index (χ1v) is 10.9. The minimum absolute atomic E-state index is 0.00400. The van der Waals surface area contributed by atoms with Crippen LogP contribution in [0.1, 0.15) is 28.9 Å². The number of amides is 2. The van der Waals surface area contributed by atoms with Crippen molar-refractivity contribution < 1.29 is 28.6 Å². The number of ether oxygens (including phenoxy) is 3. The molecule has 1 aliphatic rings. The van der Waals surface area contributed by atoms with Gasteiger partial charge in [-0.15, -0.1) is 11.3 Å². The van der Waals surface area contributed by atoms with Crippen molar-refractivity contribution in [1.29, 1.82) is 0 Å². The molecule has 4 rings (SSSR count). The van der Waals surface area contributed by atoms with Crippen molar-refractivity contribution >= 4 is 34.8 Å². The van der Waals surface area contributed by atoms with E-state index in [-0.39, 0.29) is 31.3 Å². The molecule has 0 unspecified atom stereocenters. The van der Waals surface area contributed by atoms with Crippen LogP contribution in [-0.4, -0.2) is 37.0 Å². The van der Waals surface area contributed by atoms with Crippen LogP contribution in [0.4, 0.5) is 5.69 Å². The summed E-state index contributed by atoms with van der Waals surface area (Å²) in [5.74, 6) is 0.224. The Morgan fingerprint density at radius 3 is 2.61 bits per heavy atom. The van der Waals surface area contributed by atoms with E-state index in [0.717, 1.165) is 10.6 Å². The highest BCUT2D eigenvalue weighted by atomic mass is 32.1. The van der Waals surface area contributed by atoms with Gasteiger partial charge in [-0.2, -0.15) is 0 Å². The molecule has 2 amide bonds. The molecule has 1 aliphatic heterocycles. The summed E-state index contributed by atoms with van der Waals surface area (Å²) in [7, 11) is 3.14. The third-order valence-corrected chi connectivity index (χ3v) is 5.87. The first-order chi connectivity index (χ1) is 16.0. The van der Waals surface area contributed by atoms with E-state index < -0.39 is 5.97 Å². The largest absolute Gasteiger partial charge is 0.493 e. The summed E-state index contributed by atoms with van der Waals surface area (Å²) in [6.07, 6.45) is 0.315. The molecule has 2 aromatic carbocycles. The molecule has 1 N–H and O–H groups in total. The Morgan fingerprint density at radius 2 is 1.88 bits per heavy atom. The van der Waals surface area contributed by atoms with Crippen molar-refractivity contribution in [2.24, 2.45) is 0 Å². The second-order valence-corrected chi connectivity index (χ2v) is 7.93. The molecule has 0 saturated carbocycles. The predicted molar refractivity (Wildman–Crippen MR) is 121 cm³/mol. The van der Waals surface area contributed by atoms with E-state index in [9.17, 15) is 14.4 Å². The Kier molecular flexibility index (Phi) is 6.55. The summed E-state index contributed by atoms with van der Waals surface area (Å²) < 4.78 is 16.2. The Bertz CT molecular complexity index is 1190. The molecule has 3 aromatic rings. The number of carbonyl (C=O) groups is 3. The summed E-state index contributed by atoms with van der Waals surface area (Å²) in [6, 6.07) is 11.8. The van der Waals surface area contributed by atoms with Gasteiger partial charge in [0.2, 0.25) is 11.8 Å². The molecule has 9 nitrogen and oxygen atoms in total. The van der Waals surface area contributed by atoms with E-state index >= 15 is 0 Å². The molecule has 0 bridgehead atoms. The van der Waals surface area contributed by atoms with E-state index in [1.165, 1.54) is 16.3 Å². The fourth-order valence-corrected chi connectivity index (χ4v) is 4.13. The lowest BCUT2D eigenvalue weighted by Gasteiger charge is -2.27. The number of hydrazine groups is 1. The second-order valence-electron chi connectivity index (χ2n) is 7.07. The van der Waals surface area contributed by atoms with Crippen molar-refractivity contribution in [3.63, 3.8) is 0 Å². The number of nitrogens with one attached hydrogen (secondary N) is 1. The van der Waals surface area contributed by atoms with Gasteiger partial charge in [0.25, 0.3) is 0 Å². The average molecular weight is 468 g/mol. The van der Waals surface area contributed by atoms with Crippen molar-refractivity contribution in [2.45, 2.75) is 19.4 Å². The molecule has 0 spiro atoms. The molecule has 2 heterocycles. The van der Waals surface area contributed by atoms with Gasteiger partial charge in [0.1, 0.15) is 11.6 Å². The quantitative estimate of drug-likeness (QED) is 0.531. The van der Waals surface area contributed by atoms with E-state index in [4.69, 9.17) is 14.2 Å². The zero-order chi connectivity index (χ0) is 23.4. The molecule has 1 aromatic heterocycles. The summed E-state index contributed by atoms with van der Waals surface area (Å²) in [4.78, 5) is 40.5. The first-order valence-electron chi connectivity index (χ1n) is 10.1. The number of thiazole rings is 1. The van der Waals surface area contributed by atoms with Crippen LogP contribution in [0.15, 0.2) is 47.8 Å². The van der Waals surface area contributed by atoms with Crippen LogP contribution in [0.3, 0.4) is 0 Å². The Balaban J connectivity index is 1.40. The number of para-hydroxylation sites is 1. The normalized spacial score (nSPS) is 13.5. The van der Waals surface area contributed by atoms with Gasteiger partial charge in [0.15, 0.2) is 11.5 Å². The zero-order valence-corrected chi connectivity index (χ0v) is 18.8. The summed E-state index contributed by atoms with van der Waals surface area (Å²) >= 11 is 1.41. The maximum absolute atomic E-state index is 12.4. The van der Waals surface area contributed by atoms with Crippen LogP contribution >= 0.6 is 11.3 Å². The fraction of sp³-hybridized carbons (Fsp3) is 0.217. The van der Waals surface area contributed by atoms with Gasteiger partial charge in [-0.25, -0.2) is 14.8 Å². The van der Waals surface area contributed by atoms with Crippen molar-refractivity contribution in [3.05, 3.63) is 59.1 Å². The predicted octanol–water partition coefficient (Wildman–Crippen LogP) is 3.34. The third-order valence-electron chi connectivity index (χ3n) is 4.95. The standard InChI is InChI=1S/C23H21N3O6S/c1-30-18-5-3-4-17(21(18)31-2)22-24-15(13-33-22)12-32-23(29)14-6-8-16(9-7-14)26-20(28)11-10-19(27)25-26/h3-9,13H,10-12H2,1-2H3,(H,25,27). The van der Waals surface area contributed by atoms with Crippen LogP contribution in [0.2, 0.25) is 0 Å². The Hall–Kier alpha value is -3.92. The van der Waals surface area contributed by atoms with E-state index in [1.54, 1.807) is 44.6 Å². The monoisotopic (exact) mass is 467 g/mol. The summed E-state index contributed by atoms with van der Waals surface area (Å²) in [6.45, 7) is 0.00400.